The van der Waals surface area contributed by atoms with E-state index < -0.39 is 10.8 Å². The number of aliphatic imine (C=N–C) groups is 1. The highest BCUT2D eigenvalue weighted by Crippen LogP contribution is 2.02. The van der Waals surface area contributed by atoms with Crippen molar-refractivity contribution in [1.82, 2.24) is 10.6 Å². The third kappa shape index (κ3) is 6.96. The summed E-state index contributed by atoms with van der Waals surface area (Å²) in [4.78, 5) is 4.20. The van der Waals surface area contributed by atoms with Crippen molar-refractivity contribution in [3.8, 4) is 0 Å². The summed E-state index contributed by atoms with van der Waals surface area (Å²) in [5.41, 5.74) is 2.41. The number of hydrogen-bond acceptors (Lipinski definition) is 2. The fourth-order valence-electron chi connectivity index (χ4n) is 2.31. The van der Waals surface area contributed by atoms with Crippen molar-refractivity contribution in [3.63, 3.8) is 0 Å². The number of nitrogens with one attached hydrogen (secondary N) is 2. The third-order valence-electron chi connectivity index (χ3n) is 3.57. The predicted octanol–water partition coefficient (Wildman–Crippen LogP) is 2.34. The second kappa shape index (κ2) is 10.6. The highest BCUT2D eigenvalue weighted by molar-refractivity contribution is 7.84. The highest BCUT2D eigenvalue weighted by Gasteiger charge is 2.03. The molecule has 24 heavy (non-hydrogen) atoms. The lowest BCUT2D eigenvalue weighted by atomic mass is 10.1. The van der Waals surface area contributed by atoms with Gasteiger partial charge in [-0.2, -0.15) is 0 Å². The number of rotatable bonds is 8. The van der Waals surface area contributed by atoms with Gasteiger partial charge in [-0.1, -0.05) is 60.7 Å². The van der Waals surface area contributed by atoms with E-state index in [2.05, 4.69) is 27.8 Å². The van der Waals surface area contributed by atoms with Crippen LogP contribution in [0.4, 0.5) is 0 Å². The molecule has 2 N–H and O–H groups in total. The van der Waals surface area contributed by atoms with Crippen molar-refractivity contribution in [2.24, 2.45) is 4.99 Å². The Kier molecular flexibility index (Phi) is 8.04. The van der Waals surface area contributed by atoms with Crippen molar-refractivity contribution in [2.45, 2.75) is 12.2 Å². The lowest BCUT2D eigenvalue weighted by Gasteiger charge is -2.11. The Bertz CT molecular complexity index is 644. The Morgan fingerprint density at radius 3 is 2.12 bits per heavy atom. The molecule has 0 radical (unpaired) electrons. The lowest BCUT2D eigenvalue weighted by molar-refractivity contribution is 0.680. The monoisotopic (exact) mass is 343 g/mol. The van der Waals surface area contributed by atoms with Gasteiger partial charge in [0.25, 0.3) is 0 Å². The van der Waals surface area contributed by atoms with E-state index in [1.807, 2.05) is 48.5 Å². The molecule has 0 bridgehead atoms. The molecule has 0 spiro atoms. The van der Waals surface area contributed by atoms with Crippen molar-refractivity contribution < 1.29 is 4.21 Å². The predicted molar refractivity (Wildman–Crippen MR) is 103 cm³/mol. The van der Waals surface area contributed by atoms with Crippen LogP contribution in [0.2, 0.25) is 0 Å². The average Bonchev–Trinajstić information content (AvgIpc) is 2.62. The molecule has 0 aromatic heterocycles. The lowest BCUT2D eigenvalue weighted by Crippen LogP contribution is -2.40. The molecule has 0 fully saturated rings. The first-order valence-corrected chi connectivity index (χ1v) is 9.64. The smallest absolute Gasteiger partial charge is 0.191 e. The summed E-state index contributed by atoms with van der Waals surface area (Å²) in [6.45, 7) is 1.46. The molecule has 5 heteroatoms. The third-order valence-corrected chi connectivity index (χ3v) is 4.88. The molecule has 0 aliphatic carbocycles. The fraction of sp³-hybridized carbons (Fsp3) is 0.316. The SMILES string of the molecule is CN=C(NCCc1ccccc1)NCCS(=O)Cc1ccccc1. The Balaban J connectivity index is 1.63. The van der Waals surface area contributed by atoms with Crippen LogP contribution in [0.5, 0.6) is 0 Å². The maximum Gasteiger partial charge on any atom is 0.191 e. The van der Waals surface area contributed by atoms with Crippen LogP contribution in [-0.2, 0) is 23.0 Å². The zero-order valence-corrected chi connectivity index (χ0v) is 14.9. The average molecular weight is 343 g/mol. The van der Waals surface area contributed by atoms with Gasteiger partial charge in [-0.3, -0.25) is 9.20 Å². The van der Waals surface area contributed by atoms with Crippen LogP contribution in [-0.4, -0.2) is 36.1 Å². The molecule has 1 unspecified atom stereocenters. The maximum atomic E-state index is 12.1. The van der Waals surface area contributed by atoms with Crippen LogP contribution in [0.3, 0.4) is 0 Å². The van der Waals surface area contributed by atoms with Gasteiger partial charge in [0.05, 0.1) is 0 Å². The van der Waals surface area contributed by atoms with Crippen LogP contribution in [0, 0.1) is 0 Å². The van der Waals surface area contributed by atoms with Crippen LogP contribution in [0.15, 0.2) is 65.7 Å². The standard InChI is InChI=1S/C19H25N3OS/c1-20-19(21-13-12-17-8-4-2-5-9-17)22-14-15-24(23)16-18-10-6-3-7-11-18/h2-11H,12-16H2,1H3,(H2,20,21,22). The van der Waals surface area contributed by atoms with E-state index in [0.29, 0.717) is 18.1 Å². The van der Waals surface area contributed by atoms with E-state index in [1.54, 1.807) is 7.05 Å². The van der Waals surface area contributed by atoms with Crippen LogP contribution >= 0.6 is 0 Å². The Labute approximate surface area is 146 Å². The summed E-state index contributed by atoms with van der Waals surface area (Å²) in [7, 11) is 0.879. The molecule has 2 aromatic carbocycles. The summed E-state index contributed by atoms with van der Waals surface area (Å²) >= 11 is 0. The summed E-state index contributed by atoms with van der Waals surface area (Å²) < 4.78 is 12.1. The van der Waals surface area contributed by atoms with E-state index in [1.165, 1.54) is 5.56 Å². The van der Waals surface area contributed by atoms with Crippen LogP contribution < -0.4 is 10.6 Å². The summed E-state index contributed by atoms with van der Waals surface area (Å²) in [6, 6.07) is 20.3. The summed E-state index contributed by atoms with van der Waals surface area (Å²) in [6.07, 6.45) is 0.946. The quantitative estimate of drug-likeness (QED) is 0.571. The molecule has 0 heterocycles. The van der Waals surface area contributed by atoms with Crippen molar-refractivity contribution in [1.29, 1.82) is 0 Å². The number of benzene rings is 2. The zero-order chi connectivity index (χ0) is 17.0. The molecule has 0 saturated carbocycles. The van der Waals surface area contributed by atoms with Gasteiger partial charge in [-0.25, -0.2) is 0 Å². The Morgan fingerprint density at radius 2 is 1.50 bits per heavy atom. The number of hydrogen-bond donors (Lipinski definition) is 2. The normalized spacial score (nSPS) is 12.6. The minimum atomic E-state index is -0.870. The number of nitrogens with zero attached hydrogens (tertiary/aromatic N) is 1. The summed E-state index contributed by atoms with van der Waals surface area (Å²) in [5.74, 6) is 1.96. The van der Waals surface area contributed by atoms with Gasteiger partial charge in [-0.05, 0) is 17.5 Å². The van der Waals surface area contributed by atoms with Gasteiger partial charge in [-0.15, -0.1) is 0 Å². The Morgan fingerprint density at radius 1 is 0.917 bits per heavy atom. The molecule has 2 rings (SSSR count). The van der Waals surface area contributed by atoms with E-state index in [-0.39, 0.29) is 0 Å². The van der Waals surface area contributed by atoms with Gasteiger partial charge < -0.3 is 10.6 Å². The number of guanidine groups is 1. The molecular weight excluding hydrogens is 318 g/mol. The first kappa shape index (κ1) is 18.2. The fourth-order valence-corrected chi connectivity index (χ4v) is 3.34. The molecule has 0 amide bonds. The largest absolute Gasteiger partial charge is 0.356 e. The second-order valence-electron chi connectivity index (χ2n) is 5.44. The molecule has 0 aliphatic rings. The first-order chi connectivity index (χ1) is 11.8. The molecule has 1 atom stereocenters. The zero-order valence-electron chi connectivity index (χ0n) is 14.1. The highest BCUT2D eigenvalue weighted by atomic mass is 32.2. The van der Waals surface area contributed by atoms with Crippen molar-refractivity contribution in [3.05, 3.63) is 71.8 Å². The molecule has 4 nitrogen and oxygen atoms in total. The maximum absolute atomic E-state index is 12.1. The molecule has 0 saturated heterocycles. The van der Waals surface area contributed by atoms with E-state index in [9.17, 15) is 4.21 Å². The van der Waals surface area contributed by atoms with Crippen LogP contribution in [0.1, 0.15) is 11.1 Å². The van der Waals surface area contributed by atoms with Crippen LogP contribution in [0.25, 0.3) is 0 Å². The van der Waals surface area contributed by atoms with E-state index in [0.717, 1.165) is 24.5 Å². The van der Waals surface area contributed by atoms with Gasteiger partial charge in [0.15, 0.2) is 5.96 Å². The molecule has 2 aromatic rings. The van der Waals surface area contributed by atoms with Gasteiger partial charge in [0, 0.05) is 42.4 Å². The first-order valence-electron chi connectivity index (χ1n) is 8.15. The van der Waals surface area contributed by atoms with Gasteiger partial charge in [0.1, 0.15) is 0 Å². The molecule has 128 valence electrons. The second-order valence-corrected chi connectivity index (χ2v) is 7.01. The molecular formula is C19H25N3OS. The topological polar surface area (TPSA) is 53.5 Å². The van der Waals surface area contributed by atoms with Crippen molar-refractivity contribution in [2.75, 3.05) is 25.9 Å². The minimum absolute atomic E-state index is 0.600. The van der Waals surface area contributed by atoms with E-state index in [4.69, 9.17) is 0 Å². The van der Waals surface area contributed by atoms with Crippen molar-refractivity contribution >= 4 is 16.8 Å². The van der Waals surface area contributed by atoms with Gasteiger partial charge >= 0.3 is 0 Å². The molecule has 0 aliphatic heterocycles. The van der Waals surface area contributed by atoms with Gasteiger partial charge in [0.2, 0.25) is 0 Å². The van der Waals surface area contributed by atoms with E-state index >= 15 is 0 Å². The Hall–Kier alpha value is -2.14. The minimum Gasteiger partial charge on any atom is -0.356 e. The summed E-state index contributed by atoms with van der Waals surface area (Å²) in [5, 5.41) is 6.50.